The van der Waals surface area contributed by atoms with Gasteiger partial charge in [0.2, 0.25) is 0 Å². The van der Waals surface area contributed by atoms with Gasteiger partial charge in [0.25, 0.3) is 11.5 Å². The number of carbonyl (C=O) groups is 1. The quantitative estimate of drug-likeness (QED) is 0.206. The third-order valence-electron chi connectivity index (χ3n) is 5.99. The van der Waals surface area contributed by atoms with Crippen LogP contribution >= 0.6 is 34.5 Å². The van der Waals surface area contributed by atoms with E-state index in [1.165, 1.54) is 37.0 Å². The molecule has 0 aliphatic heterocycles. The molecule has 35 heavy (non-hydrogen) atoms. The lowest BCUT2D eigenvalue weighted by Gasteiger charge is -2.14. The average Bonchev–Trinajstić information content (AvgIpc) is 3.23. The van der Waals surface area contributed by atoms with Crippen LogP contribution < -0.4 is 10.9 Å². The maximum atomic E-state index is 13.4. The molecule has 0 saturated heterocycles. The Morgan fingerprint density at radius 1 is 1.09 bits per heavy atom. The fourth-order valence-corrected chi connectivity index (χ4v) is 5.80. The molecule has 4 rings (SSSR count). The van der Waals surface area contributed by atoms with Gasteiger partial charge in [-0.1, -0.05) is 92.1 Å². The number of anilines is 1. The molecule has 0 bridgehead atoms. The highest BCUT2D eigenvalue weighted by molar-refractivity contribution is 7.22. The smallest absolute Gasteiger partial charge is 0.267 e. The number of aromatic hydroxyl groups is 1. The van der Waals surface area contributed by atoms with E-state index >= 15 is 0 Å². The van der Waals surface area contributed by atoms with Crippen molar-refractivity contribution in [2.75, 3.05) is 5.32 Å². The number of aryl methyl sites for hydroxylation is 1. The van der Waals surface area contributed by atoms with Gasteiger partial charge in [-0.15, -0.1) is 0 Å². The average molecular weight is 532 g/mol. The third-order valence-corrected chi connectivity index (χ3v) is 7.42. The molecule has 184 valence electrons. The van der Waals surface area contributed by atoms with Crippen LogP contribution in [0.3, 0.4) is 0 Å². The molecule has 0 saturated carbocycles. The molecule has 2 aromatic heterocycles. The van der Waals surface area contributed by atoms with E-state index in [1.807, 2.05) is 6.07 Å². The number of hydrogen-bond acceptors (Lipinski definition) is 5. The maximum absolute atomic E-state index is 13.4. The van der Waals surface area contributed by atoms with Gasteiger partial charge < -0.3 is 9.67 Å². The Morgan fingerprint density at radius 3 is 2.57 bits per heavy atom. The first-order chi connectivity index (χ1) is 16.9. The Balaban J connectivity index is 1.61. The third kappa shape index (κ3) is 5.63. The number of fused-ring (bicyclic) bond motifs is 2. The number of carbonyl (C=O) groups excluding carboxylic acids is 1. The molecule has 0 atom stereocenters. The number of nitrogens with one attached hydrogen (secondary N) is 1. The molecule has 9 heteroatoms. The van der Waals surface area contributed by atoms with Gasteiger partial charge >= 0.3 is 0 Å². The van der Waals surface area contributed by atoms with E-state index in [1.54, 1.807) is 34.9 Å². The summed E-state index contributed by atoms with van der Waals surface area (Å²) in [6.07, 6.45) is 7.80. The van der Waals surface area contributed by atoms with E-state index in [9.17, 15) is 14.7 Å². The number of benzene rings is 2. The van der Waals surface area contributed by atoms with Crippen LogP contribution in [0.4, 0.5) is 5.13 Å². The van der Waals surface area contributed by atoms with Crippen molar-refractivity contribution in [1.29, 1.82) is 0 Å². The number of rotatable bonds is 10. The van der Waals surface area contributed by atoms with E-state index in [-0.39, 0.29) is 16.4 Å². The Bertz CT molecular complexity index is 1430. The standard InChI is InChI=1S/C26H27Cl2N3O3S/c1-2-3-4-5-6-7-10-13-31-19-12-9-8-11-17(19)23(32)21(25(31)34)24(33)30-26-29-22-18(28)14-16(27)15-20(22)35-26/h8-9,11-12,14-15,32H,2-7,10,13H2,1H3,(H,29,30,33). The van der Waals surface area contributed by atoms with E-state index in [0.717, 1.165) is 19.3 Å². The van der Waals surface area contributed by atoms with Crippen LogP contribution in [-0.4, -0.2) is 20.6 Å². The lowest BCUT2D eigenvalue weighted by atomic mass is 10.1. The van der Waals surface area contributed by atoms with E-state index in [0.29, 0.717) is 37.7 Å². The molecule has 0 fully saturated rings. The minimum Gasteiger partial charge on any atom is -0.506 e. The molecule has 0 spiro atoms. The summed E-state index contributed by atoms with van der Waals surface area (Å²) in [6.45, 7) is 2.67. The largest absolute Gasteiger partial charge is 0.506 e. The fraction of sp³-hybridized carbons (Fsp3) is 0.346. The highest BCUT2D eigenvalue weighted by atomic mass is 35.5. The lowest BCUT2D eigenvalue weighted by molar-refractivity contribution is 0.102. The zero-order chi connectivity index (χ0) is 24.9. The molecule has 2 N–H and O–H groups in total. The van der Waals surface area contributed by atoms with Crippen molar-refractivity contribution in [1.82, 2.24) is 9.55 Å². The summed E-state index contributed by atoms with van der Waals surface area (Å²) in [4.78, 5) is 30.9. The number of nitrogens with zero attached hydrogens (tertiary/aromatic N) is 2. The second kappa shape index (κ2) is 11.4. The van der Waals surface area contributed by atoms with Crippen molar-refractivity contribution in [2.24, 2.45) is 0 Å². The molecule has 0 aliphatic rings. The number of amides is 1. The maximum Gasteiger partial charge on any atom is 0.267 e. The minimum atomic E-state index is -0.715. The lowest BCUT2D eigenvalue weighted by Crippen LogP contribution is -2.30. The summed E-state index contributed by atoms with van der Waals surface area (Å²) in [5.74, 6) is -1.05. The Labute approximate surface area is 217 Å². The Kier molecular flexibility index (Phi) is 8.31. The van der Waals surface area contributed by atoms with Crippen LogP contribution in [0.25, 0.3) is 21.1 Å². The first-order valence-electron chi connectivity index (χ1n) is 11.8. The van der Waals surface area contributed by atoms with Crippen LogP contribution in [0, 0.1) is 0 Å². The number of aromatic nitrogens is 2. The first-order valence-corrected chi connectivity index (χ1v) is 13.4. The predicted molar refractivity (Wildman–Crippen MR) is 145 cm³/mol. The van der Waals surface area contributed by atoms with Gasteiger partial charge in [-0.2, -0.15) is 0 Å². The number of halogens is 2. The van der Waals surface area contributed by atoms with Crippen molar-refractivity contribution in [3.8, 4) is 5.75 Å². The highest BCUT2D eigenvalue weighted by Crippen LogP contribution is 2.34. The van der Waals surface area contributed by atoms with Gasteiger partial charge in [0, 0.05) is 17.0 Å². The van der Waals surface area contributed by atoms with Gasteiger partial charge in [-0.05, 0) is 30.7 Å². The van der Waals surface area contributed by atoms with Crippen LogP contribution in [0.2, 0.25) is 10.0 Å². The highest BCUT2D eigenvalue weighted by Gasteiger charge is 2.23. The minimum absolute atomic E-state index is 0.264. The van der Waals surface area contributed by atoms with Crippen LogP contribution in [-0.2, 0) is 6.54 Å². The molecular formula is C26H27Cl2N3O3S. The van der Waals surface area contributed by atoms with Crippen molar-refractivity contribution < 1.29 is 9.90 Å². The molecular weight excluding hydrogens is 505 g/mol. The van der Waals surface area contributed by atoms with Crippen LogP contribution in [0.1, 0.15) is 62.2 Å². The SMILES string of the molecule is CCCCCCCCCn1c(=O)c(C(=O)Nc2nc3c(Cl)cc(Cl)cc3s2)c(O)c2ccccc21. The van der Waals surface area contributed by atoms with E-state index in [4.69, 9.17) is 23.2 Å². The molecule has 2 heterocycles. The normalized spacial score (nSPS) is 11.4. The molecule has 1 amide bonds. The topological polar surface area (TPSA) is 84.2 Å². The van der Waals surface area contributed by atoms with Gasteiger partial charge in [0.05, 0.1) is 15.2 Å². The number of unbranched alkanes of at least 4 members (excludes halogenated alkanes) is 6. The zero-order valence-electron chi connectivity index (χ0n) is 19.4. The fourth-order valence-electron chi connectivity index (χ4n) is 4.21. The summed E-state index contributed by atoms with van der Waals surface area (Å²) in [5, 5.41) is 15.1. The number of para-hydroxylation sites is 1. The van der Waals surface area contributed by atoms with Gasteiger partial charge in [-0.3, -0.25) is 14.9 Å². The second-order valence-electron chi connectivity index (χ2n) is 8.53. The summed E-state index contributed by atoms with van der Waals surface area (Å²) >= 11 is 13.5. The Morgan fingerprint density at radius 2 is 1.80 bits per heavy atom. The number of hydrogen-bond donors (Lipinski definition) is 2. The summed E-state index contributed by atoms with van der Waals surface area (Å²) < 4.78 is 2.29. The van der Waals surface area contributed by atoms with E-state index in [2.05, 4.69) is 17.2 Å². The summed E-state index contributed by atoms with van der Waals surface area (Å²) in [6, 6.07) is 10.4. The summed E-state index contributed by atoms with van der Waals surface area (Å²) in [5.41, 5.74) is 0.302. The van der Waals surface area contributed by atoms with Crippen molar-refractivity contribution in [3.63, 3.8) is 0 Å². The monoisotopic (exact) mass is 531 g/mol. The van der Waals surface area contributed by atoms with Gasteiger partial charge in [0.15, 0.2) is 5.13 Å². The summed E-state index contributed by atoms with van der Waals surface area (Å²) in [7, 11) is 0. The molecule has 0 radical (unpaired) electrons. The Hall–Kier alpha value is -2.61. The van der Waals surface area contributed by atoms with Crippen molar-refractivity contribution >= 4 is 66.7 Å². The van der Waals surface area contributed by atoms with E-state index < -0.39 is 11.5 Å². The van der Waals surface area contributed by atoms with Crippen molar-refractivity contribution in [3.05, 3.63) is 62.4 Å². The molecule has 2 aromatic carbocycles. The zero-order valence-corrected chi connectivity index (χ0v) is 21.8. The predicted octanol–water partition coefficient (Wildman–Crippen LogP) is 7.63. The van der Waals surface area contributed by atoms with Crippen LogP contribution in [0.5, 0.6) is 5.75 Å². The second-order valence-corrected chi connectivity index (χ2v) is 10.4. The van der Waals surface area contributed by atoms with Gasteiger partial charge in [0.1, 0.15) is 16.8 Å². The van der Waals surface area contributed by atoms with Gasteiger partial charge in [-0.25, -0.2) is 4.98 Å². The number of pyridine rings is 1. The molecule has 6 nitrogen and oxygen atoms in total. The molecule has 0 unspecified atom stereocenters. The first kappa shape index (κ1) is 25.5. The molecule has 0 aliphatic carbocycles. The molecule has 4 aromatic rings. The van der Waals surface area contributed by atoms with Crippen molar-refractivity contribution in [2.45, 2.75) is 58.4 Å². The number of thiazole rings is 1. The van der Waals surface area contributed by atoms with Crippen LogP contribution in [0.15, 0.2) is 41.2 Å².